The van der Waals surface area contributed by atoms with Crippen molar-refractivity contribution in [3.8, 4) is 0 Å². The van der Waals surface area contributed by atoms with E-state index in [9.17, 15) is 0 Å². The van der Waals surface area contributed by atoms with Crippen LogP contribution in [0.4, 0.5) is 0 Å². The molecule has 0 nitrogen and oxygen atoms in total. The molecule has 1 aliphatic carbocycles. The monoisotopic (exact) mass is 216 g/mol. The number of hydrogen-bond acceptors (Lipinski definition) is 0. The third kappa shape index (κ3) is 2.62. The van der Waals surface area contributed by atoms with Crippen molar-refractivity contribution in [3.63, 3.8) is 0 Å². The van der Waals surface area contributed by atoms with Crippen molar-refractivity contribution < 1.29 is 0 Å². The highest BCUT2D eigenvalue weighted by molar-refractivity contribution is 9.09. The Hall–Kier alpha value is 0.220. The molecule has 1 fully saturated rings. The molecular weight excluding hydrogens is 200 g/mol. The summed E-state index contributed by atoms with van der Waals surface area (Å²) < 4.78 is 0. The van der Waals surface area contributed by atoms with Crippen LogP contribution in [0, 0.1) is 11.8 Å². The van der Waals surface area contributed by atoms with Crippen LogP contribution in [0.25, 0.3) is 0 Å². The fourth-order valence-corrected chi connectivity index (χ4v) is 2.65. The second-order valence-electron chi connectivity index (χ2n) is 3.67. The van der Waals surface area contributed by atoms with Crippen molar-refractivity contribution in [1.29, 1.82) is 0 Å². The molecule has 0 radical (unpaired) electrons. The molecule has 64 valence electrons. The molecule has 0 aliphatic heterocycles. The lowest BCUT2D eigenvalue weighted by Crippen LogP contribution is -2.22. The molecule has 1 rings (SSSR count). The third-order valence-electron chi connectivity index (χ3n) is 2.77. The second kappa shape index (κ2) is 4.30. The van der Waals surface area contributed by atoms with Crippen molar-refractivity contribution in [2.24, 2.45) is 11.8 Å². The summed E-state index contributed by atoms with van der Waals surface area (Å²) in [5.41, 5.74) is 0. The van der Waals surface area contributed by atoms with Gasteiger partial charge in [0.05, 0.1) is 0 Å². The van der Waals surface area contributed by atoms with Crippen LogP contribution >= 0.6 is 15.9 Å². The number of alkyl halides is 1. The molecule has 0 aromatic heterocycles. The van der Waals surface area contributed by atoms with Crippen LogP contribution in [0.1, 0.15) is 32.6 Å². The molecule has 0 amide bonds. The van der Waals surface area contributed by atoms with E-state index < -0.39 is 0 Å². The largest absolute Gasteiger partial charge is 0.103 e. The first-order chi connectivity index (χ1) is 5.24. The number of allylic oxidation sites excluding steroid dienone is 1. The van der Waals surface area contributed by atoms with Crippen LogP contribution in [0.5, 0.6) is 0 Å². The van der Waals surface area contributed by atoms with E-state index in [1.165, 1.54) is 25.7 Å². The van der Waals surface area contributed by atoms with E-state index in [0.29, 0.717) is 0 Å². The smallest absolute Gasteiger partial charge is 0.0148 e. The van der Waals surface area contributed by atoms with Crippen LogP contribution in [0.15, 0.2) is 12.7 Å². The zero-order chi connectivity index (χ0) is 8.27. The number of rotatable bonds is 2. The van der Waals surface area contributed by atoms with Crippen LogP contribution in [-0.2, 0) is 0 Å². The van der Waals surface area contributed by atoms with Gasteiger partial charge < -0.3 is 0 Å². The van der Waals surface area contributed by atoms with Gasteiger partial charge in [-0.1, -0.05) is 28.9 Å². The maximum absolute atomic E-state index is 3.80. The van der Waals surface area contributed by atoms with Gasteiger partial charge in [0.2, 0.25) is 0 Å². The van der Waals surface area contributed by atoms with Crippen molar-refractivity contribution in [2.75, 3.05) is 0 Å². The zero-order valence-electron chi connectivity index (χ0n) is 7.22. The van der Waals surface area contributed by atoms with E-state index in [-0.39, 0.29) is 0 Å². The van der Waals surface area contributed by atoms with Crippen molar-refractivity contribution in [3.05, 3.63) is 12.7 Å². The summed E-state index contributed by atoms with van der Waals surface area (Å²) in [6.45, 7) is 6.17. The van der Waals surface area contributed by atoms with Gasteiger partial charge in [0.15, 0.2) is 0 Å². The van der Waals surface area contributed by atoms with Crippen LogP contribution in [0.2, 0.25) is 0 Å². The summed E-state index contributed by atoms with van der Waals surface area (Å²) in [6.07, 6.45) is 7.34. The Labute approximate surface area is 78.2 Å². The summed E-state index contributed by atoms with van der Waals surface area (Å²) in [6, 6.07) is 0. The Kier molecular flexibility index (Phi) is 3.64. The van der Waals surface area contributed by atoms with Gasteiger partial charge in [-0.05, 0) is 37.5 Å². The van der Waals surface area contributed by atoms with Gasteiger partial charge in [-0.3, -0.25) is 0 Å². The zero-order valence-corrected chi connectivity index (χ0v) is 8.81. The van der Waals surface area contributed by atoms with E-state index in [1.54, 1.807) is 0 Å². The fraction of sp³-hybridized carbons (Fsp3) is 0.800. The quantitative estimate of drug-likeness (QED) is 0.488. The fourth-order valence-electron chi connectivity index (χ4n) is 1.90. The minimum atomic E-state index is 0.767. The maximum atomic E-state index is 3.80. The van der Waals surface area contributed by atoms with Gasteiger partial charge in [0.25, 0.3) is 0 Å². The molecule has 3 atom stereocenters. The summed E-state index contributed by atoms with van der Waals surface area (Å²) >= 11 is 3.69. The first-order valence-corrected chi connectivity index (χ1v) is 5.40. The van der Waals surface area contributed by atoms with Gasteiger partial charge in [0.1, 0.15) is 0 Å². The Morgan fingerprint density at radius 3 is 2.91 bits per heavy atom. The van der Waals surface area contributed by atoms with Gasteiger partial charge in [-0.25, -0.2) is 0 Å². The Morgan fingerprint density at radius 2 is 2.27 bits per heavy atom. The maximum Gasteiger partial charge on any atom is 0.0148 e. The summed E-state index contributed by atoms with van der Waals surface area (Å²) in [5.74, 6) is 1.78. The molecule has 1 aliphatic rings. The average molecular weight is 217 g/mol. The highest BCUT2D eigenvalue weighted by Crippen LogP contribution is 2.35. The molecule has 0 heterocycles. The molecule has 3 unspecified atom stereocenters. The summed E-state index contributed by atoms with van der Waals surface area (Å²) in [7, 11) is 0. The predicted molar refractivity (Wildman–Crippen MR) is 54.0 cm³/mol. The number of hydrogen-bond donors (Lipinski definition) is 0. The molecular formula is C10H17Br. The van der Waals surface area contributed by atoms with Crippen molar-refractivity contribution in [1.82, 2.24) is 0 Å². The van der Waals surface area contributed by atoms with Crippen LogP contribution < -0.4 is 0 Å². The molecule has 11 heavy (non-hydrogen) atoms. The topological polar surface area (TPSA) is 0 Å². The lowest BCUT2D eigenvalue weighted by Gasteiger charge is -2.31. The van der Waals surface area contributed by atoms with E-state index in [1.807, 2.05) is 0 Å². The molecule has 0 N–H and O–H groups in total. The molecule has 0 saturated heterocycles. The highest BCUT2D eigenvalue weighted by Gasteiger charge is 2.24. The summed E-state index contributed by atoms with van der Waals surface area (Å²) in [5, 5.41) is 0. The molecule has 1 saturated carbocycles. The normalized spacial score (nSPS) is 38.5. The van der Waals surface area contributed by atoms with Crippen molar-refractivity contribution >= 4 is 15.9 Å². The molecule has 0 aromatic rings. The van der Waals surface area contributed by atoms with Gasteiger partial charge in [0, 0.05) is 4.83 Å². The Morgan fingerprint density at radius 1 is 1.55 bits per heavy atom. The van der Waals surface area contributed by atoms with E-state index in [0.717, 1.165) is 16.7 Å². The first-order valence-electron chi connectivity index (χ1n) is 4.49. The standard InChI is InChI=1S/C10H17Br/c1-3-4-9-7-10(11)6-5-8(9)2/h3,8-10H,1,4-7H2,2H3. The van der Waals surface area contributed by atoms with Crippen molar-refractivity contribution in [2.45, 2.75) is 37.4 Å². The molecule has 0 spiro atoms. The minimum Gasteiger partial charge on any atom is -0.103 e. The van der Waals surface area contributed by atoms with Crippen LogP contribution in [-0.4, -0.2) is 4.83 Å². The Balaban J connectivity index is 2.40. The van der Waals surface area contributed by atoms with Crippen LogP contribution in [0.3, 0.4) is 0 Å². The minimum absolute atomic E-state index is 0.767. The Bertz CT molecular complexity index is 131. The van der Waals surface area contributed by atoms with Gasteiger partial charge in [-0.15, -0.1) is 6.58 Å². The van der Waals surface area contributed by atoms with E-state index >= 15 is 0 Å². The average Bonchev–Trinajstić information content (AvgIpc) is 1.98. The molecule has 1 heteroatoms. The molecule has 0 bridgehead atoms. The first kappa shape index (κ1) is 9.31. The third-order valence-corrected chi connectivity index (χ3v) is 3.60. The lowest BCUT2D eigenvalue weighted by atomic mass is 9.79. The highest BCUT2D eigenvalue weighted by atomic mass is 79.9. The lowest BCUT2D eigenvalue weighted by molar-refractivity contribution is 0.266. The van der Waals surface area contributed by atoms with E-state index in [4.69, 9.17) is 0 Å². The second-order valence-corrected chi connectivity index (χ2v) is 4.97. The van der Waals surface area contributed by atoms with Gasteiger partial charge >= 0.3 is 0 Å². The SMILES string of the molecule is C=CCC1CC(Br)CCC1C. The van der Waals surface area contributed by atoms with Gasteiger partial charge in [-0.2, -0.15) is 0 Å². The predicted octanol–water partition coefficient (Wildman–Crippen LogP) is 3.76. The summed E-state index contributed by atoms with van der Waals surface area (Å²) in [4.78, 5) is 0.767. The molecule has 0 aromatic carbocycles. The number of halogens is 1. The van der Waals surface area contributed by atoms with E-state index in [2.05, 4.69) is 35.5 Å².